The zero-order chi connectivity index (χ0) is 9.68. The molecule has 0 fully saturated rings. The van der Waals surface area contributed by atoms with E-state index in [0.29, 0.717) is 6.04 Å². The molecule has 13 heavy (non-hydrogen) atoms. The summed E-state index contributed by atoms with van der Waals surface area (Å²) in [4.78, 5) is 4.58. The Morgan fingerprint density at radius 1 is 1.31 bits per heavy atom. The molecule has 1 aromatic rings. The lowest BCUT2D eigenvalue weighted by molar-refractivity contribution is 0.717. The molecule has 0 aromatic heterocycles. The fourth-order valence-corrected chi connectivity index (χ4v) is 1.18. The van der Waals surface area contributed by atoms with Gasteiger partial charge in [-0.15, -0.1) is 0 Å². The van der Waals surface area contributed by atoms with Gasteiger partial charge in [0.05, 0.1) is 0 Å². The summed E-state index contributed by atoms with van der Waals surface area (Å²) in [6.07, 6.45) is 1.10. The molecule has 1 unspecified atom stereocenters. The Morgan fingerprint density at radius 2 is 1.92 bits per heavy atom. The van der Waals surface area contributed by atoms with Crippen LogP contribution in [0.2, 0.25) is 0 Å². The predicted octanol–water partition coefficient (Wildman–Crippen LogP) is 3.29. The summed E-state index contributed by atoms with van der Waals surface area (Å²) in [5, 5.41) is 0. The van der Waals surface area contributed by atoms with E-state index in [9.17, 15) is 0 Å². The first-order valence-electron chi connectivity index (χ1n) is 4.84. The molecule has 0 radical (unpaired) electrons. The van der Waals surface area contributed by atoms with Gasteiger partial charge in [0.2, 0.25) is 0 Å². The monoisotopic (exact) mass is 175 g/mol. The number of nitrogens with zero attached hydrogens (tertiary/aromatic N) is 1. The van der Waals surface area contributed by atoms with E-state index in [1.807, 2.05) is 18.2 Å². The van der Waals surface area contributed by atoms with Gasteiger partial charge in [-0.2, -0.15) is 0 Å². The molecular formula is C12H17N. The standard InChI is InChI=1S/C12H17N/c1-4-10(2)13-11(3)12-8-6-5-7-9-12/h5-10H,4H2,1-3H3. The highest BCUT2D eigenvalue weighted by Crippen LogP contribution is 2.04. The van der Waals surface area contributed by atoms with Crippen molar-refractivity contribution in [3.05, 3.63) is 35.9 Å². The van der Waals surface area contributed by atoms with Gasteiger partial charge < -0.3 is 0 Å². The molecule has 1 heteroatoms. The third kappa shape index (κ3) is 3.02. The van der Waals surface area contributed by atoms with Crippen molar-refractivity contribution in [2.75, 3.05) is 0 Å². The van der Waals surface area contributed by atoms with Crippen LogP contribution in [0.25, 0.3) is 0 Å². The molecule has 1 nitrogen and oxygen atoms in total. The first-order chi connectivity index (χ1) is 6.24. The van der Waals surface area contributed by atoms with E-state index < -0.39 is 0 Å². The normalized spacial score (nSPS) is 14.2. The summed E-state index contributed by atoms with van der Waals surface area (Å²) in [5.41, 5.74) is 2.36. The van der Waals surface area contributed by atoms with Crippen LogP contribution in [0.5, 0.6) is 0 Å². The Bertz CT molecular complexity index is 274. The van der Waals surface area contributed by atoms with Crippen LogP contribution in [-0.4, -0.2) is 11.8 Å². The van der Waals surface area contributed by atoms with Crippen LogP contribution in [0.15, 0.2) is 35.3 Å². The van der Waals surface area contributed by atoms with E-state index in [1.165, 1.54) is 5.56 Å². The van der Waals surface area contributed by atoms with Gasteiger partial charge in [0.15, 0.2) is 0 Å². The number of hydrogen-bond donors (Lipinski definition) is 0. The molecule has 0 saturated carbocycles. The number of aliphatic imine (C=N–C) groups is 1. The molecule has 0 aliphatic carbocycles. The summed E-state index contributed by atoms with van der Waals surface area (Å²) < 4.78 is 0. The zero-order valence-corrected chi connectivity index (χ0v) is 8.62. The number of hydrogen-bond acceptors (Lipinski definition) is 1. The molecule has 1 aromatic carbocycles. The lowest BCUT2D eigenvalue weighted by Gasteiger charge is -2.05. The summed E-state index contributed by atoms with van der Waals surface area (Å²) in [5.74, 6) is 0. The van der Waals surface area contributed by atoms with Gasteiger partial charge in [-0.25, -0.2) is 0 Å². The molecule has 0 bridgehead atoms. The Balaban J connectivity index is 2.79. The van der Waals surface area contributed by atoms with Crippen molar-refractivity contribution in [2.45, 2.75) is 33.2 Å². The van der Waals surface area contributed by atoms with E-state index in [2.05, 4.69) is 37.9 Å². The lowest BCUT2D eigenvalue weighted by atomic mass is 10.1. The average Bonchev–Trinajstić information content (AvgIpc) is 2.19. The average molecular weight is 175 g/mol. The summed E-state index contributed by atoms with van der Waals surface area (Å²) in [6.45, 7) is 6.38. The van der Waals surface area contributed by atoms with E-state index in [-0.39, 0.29) is 0 Å². The molecule has 0 amide bonds. The third-order valence-corrected chi connectivity index (χ3v) is 2.20. The van der Waals surface area contributed by atoms with Crippen LogP contribution < -0.4 is 0 Å². The number of benzene rings is 1. The second kappa shape index (κ2) is 4.80. The van der Waals surface area contributed by atoms with Crippen molar-refractivity contribution in [1.82, 2.24) is 0 Å². The first kappa shape index (κ1) is 9.97. The fourth-order valence-electron chi connectivity index (χ4n) is 1.18. The third-order valence-electron chi connectivity index (χ3n) is 2.20. The molecule has 1 atom stereocenters. The smallest absolute Gasteiger partial charge is 0.0472 e. The van der Waals surface area contributed by atoms with Gasteiger partial charge in [-0.05, 0) is 25.8 Å². The van der Waals surface area contributed by atoms with Gasteiger partial charge in [-0.3, -0.25) is 4.99 Å². The molecule has 0 spiro atoms. The Kier molecular flexibility index (Phi) is 3.69. The second-order valence-electron chi connectivity index (χ2n) is 3.34. The fraction of sp³-hybridized carbons (Fsp3) is 0.417. The maximum atomic E-state index is 4.58. The molecule has 70 valence electrons. The molecule has 0 N–H and O–H groups in total. The lowest BCUT2D eigenvalue weighted by Crippen LogP contribution is -2.02. The highest BCUT2D eigenvalue weighted by atomic mass is 14.8. The Morgan fingerprint density at radius 3 is 2.46 bits per heavy atom. The van der Waals surface area contributed by atoms with E-state index in [4.69, 9.17) is 0 Å². The molecule has 0 aliphatic heterocycles. The zero-order valence-electron chi connectivity index (χ0n) is 8.62. The van der Waals surface area contributed by atoms with Crippen LogP contribution in [0.4, 0.5) is 0 Å². The number of rotatable bonds is 3. The van der Waals surface area contributed by atoms with Crippen molar-refractivity contribution < 1.29 is 0 Å². The van der Waals surface area contributed by atoms with Crippen molar-refractivity contribution in [1.29, 1.82) is 0 Å². The minimum atomic E-state index is 0.431. The van der Waals surface area contributed by atoms with E-state index in [1.54, 1.807) is 0 Å². The van der Waals surface area contributed by atoms with Crippen LogP contribution >= 0.6 is 0 Å². The van der Waals surface area contributed by atoms with Crippen molar-refractivity contribution in [3.63, 3.8) is 0 Å². The predicted molar refractivity (Wildman–Crippen MR) is 58.4 cm³/mol. The van der Waals surface area contributed by atoms with Crippen molar-refractivity contribution >= 4 is 5.71 Å². The van der Waals surface area contributed by atoms with Crippen LogP contribution in [0, 0.1) is 0 Å². The van der Waals surface area contributed by atoms with E-state index >= 15 is 0 Å². The summed E-state index contributed by atoms with van der Waals surface area (Å²) in [7, 11) is 0. The molecule has 1 rings (SSSR count). The van der Waals surface area contributed by atoms with Crippen LogP contribution in [0.3, 0.4) is 0 Å². The van der Waals surface area contributed by atoms with Crippen LogP contribution in [0.1, 0.15) is 32.8 Å². The molecule has 0 aliphatic rings. The van der Waals surface area contributed by atoms with Crippen molar-refractivity contribution in [2.24, 2.45) is 4.99 Å². The van der Waals surface area contributed by atoms with Crippen molar-refractivity contribution in [3.8, 4) is 0 Å². The van der Waals surface area contributed by atoms with Gasteiger partial charge >= 0.3 is 0 Å². The first-order valence-corrected chi connectivity index (χ1v) is 4.84. The van der Waals surface area contributed by atoms with Crippen LogP contribution in [-0.2, 0) is 0 Å². The largest absolute Gasteiger partial charge is 0.286 e. The van der Waals surface area contributed by atoms with Gasteiger partial charge in [0, 0.05) is 11.8 Å². The molecule has 0 saturated heterocycles. The topological polar surface area (TPSA) is 12.4 Å². The minimum absolute atomic E-state index is 0.431. The molecule has 0 heterocycles. The highest BCUT2D eigenvalue weighted by molar-refractivity contribution is 5.98. The summed E-state index contributed by atoms with van der Waals surface area (Å²) >= 11 is 0. The molecular weight excluding hydrogens is 158 g/mol. The van der Waals surface area contributed by atoms with E-state index in [0.717, 1.165) is 12.1 Å². The quantitative estimate of drug-likeness (QED) is 0.625. The van der Waals surface area contributed by atoms with Gasteiger partial charge in [-0.1, -0.05) is 37.3 Å². The Hall–Kier alpha value is -1.11. The Labute approximate surface area is 80.5 Å². The maximum absolute atomic E-state index is 4.58. The van der Waals surface area contributed by atoms with Gasteiger partial charge in [0.25, 0.3) is 0 Å². The van der Waals surface area contributed by atoms with Gasteiger partial charge in [0.1, 0.15) is 0 Å². The minimum Gasteiger partial charge on any atom is -0.286 e. The highest BCUT2D eigenvalue weighted by Gasteiger charge is 1.98. The summed E-state index contributed by atoms with van der Waals surface area (Å²) in [6, 6.07) is 10.7. The maximum Gasteiger partial charge on any atom is 0.0472 e. The second-order valence-corrected chi connectivity index (χ2v) is 3.34. The SMILES string of the molecule is CCC(C)N=C(C)c1ccccc1.